The second kappa shape index (κ2) is 7.92. The SMILES string of the molecule is Cc1ccccc1-n1nc2c(c1NC(=O)C(=O)NCC[NH+](C)C)CSC2. The summed E-state index contributed by atoms with van der Waals surface area (Å²) in [5.74, 6) is 0.909. The van der Waals surface area contributed by atoms with Gasteiger partial charge in [-0.1, -0.05) is 18.2 Å². The molecule has 2 aromatic rings. The number of nitrogens with zero attached hydrogens (tertiary/aromatic N) is 2. The fourth-order valence-electron chi connectivity index (χ4n) is 2.79. The van der Waals surface area contributed by atoms with E-state index in [2.05, 4.69) is 15.7 Å². The molecule has 3 N–H and O–H groups in total. The molecule has 1 aliphatic rings. The first kappa shape index (κ1) is 18.5. The molecule has 8 heteroatoms. The molecule has 0 radical (unpaired) electrons. The van der Waals surface area contributed by atoms with Crippen LogP contribution in [0.5, 0.6) is 0 Å². The van der Waals surface area contributed by atoms with Gasteiger partial charge in [0.25, 0.3) is 0 Å². The van der Waals surface area contributed by atoms with Crippen molar-refractivity contribution in [3.05, 3.63) is 41.1 Å². The number of likely N-dealkylation sites (N-methyl/N-ethyl adjacent to an activating group) is 1. The van der Waals surface area contributed by atoms with Gasteiger partial charge in [-0.2, -0.15) is 16.9 Å². The summed E-state index contributed by atoms with van der Waals surface area (Å²) in [6, 6.07) is 7.86. The fraction of sp³-hybridized carbons (Fsp3) is 0.389. The summed E-state index contributed by atoms with van der Waals surface area (Å²) in [6.07, 6.45) is 0. The van der Waals surface area contributed by atoms with Crippen LogP contribution in [0.1, 0.15) is 16.8 Å². The molecule has 0 aliphatic carbocycles. The van der Waals surface area contributed by atoms with Crippen LogP contribution in [-0.4, -0.2) is 48.8 Å². The molecule has 0 atom stereocenters. The zero-order valence-electron chi connectivity index (χ0n) is 15.3. The third kappa shape index (κ3) is 3.91. The smallest absolute Gasteiger partial charge is 0.314 e. The molecule has 0 fully saturated rings. The van der Waals surface area contributed by atoms with Crippen molar-refractivity contribution in [2.24, 2.45) is 0 Å². The Hall–Kier alpha value is -2.32. The van der Waals surface area contributed by atoms with Gasteiger partial charge in [0.2, 0.25) is 0 Å². The largest absolute Gasteiger partial charge is 0.342 e. The van der Waals surface area contributed by atoms with Gasteiger partial charge in [0, 0.05) is 17.1 Å². The molecule has 7 nitrogen and oxygen atoms in total. The Kier molecular flexibility index (Phi) is 5.63. The van der Waals surface area contributed by atoms with E-state index >= 15 is 0 Å². The molecule has 0 saturated carbocycles. The van der Waals surface area contributed by atoms with Gasteiger partial charge in [-0.15, -0.1) is 0 Å². The quantitative estimate of drug-likeness (QED) is 0.650. The van der Waals surface area contributed by atoms with Crippen molar-refractivity contribution in [3.63, 3.8) is 0 Å². The first-order valence-corrected chi connectivity index (χ1v) is 9.75. The highest BCUT2D eigenvalue weighted by Crippen LogP contribution is 2.36. The Balaban J connectivity index is 1.82. The molecule has 0 saturated heterocycles. The molecule has 1 aromatic carbocycles. The van der Waals surface area contributed by atoms with E-state index in [0.29, 0.717) is 12.4 Å². The highest BCUT2D eigenvalue weighted by Gasteiger charge is 2.26. The average molecular weight is 374 g/mol. The molecule has 3 rings (SSSR count). The topological polar surface area (TPSA) is 80.5 Å². The van der Waals surface area contributed by atoms with Gasteiger partial charge in [-0.05, 0) is 18.6 Å². The minimum Gasteiger partial charge on any atom is -0.342 e. The Morgan fingerprint density at radius 1 is 1.23 bits per heavy atom. The summed E-state index contributed by atoms with van der Waals surface area (Å²) >= 11 is 1.75. The van der Waals surface area contributed by atoms with Crippen LogP contribution in [0, 0.1) is 6.92 Å². The van der Waals surface area contributed by atoms with Gasteiger partial charge in [-0.3, -0.25) is 9.59 Å². The minimum absolute atomic E-state index is 0.458. The molecule has 0 spiro atoms. The first-order valence-electron chi connectivity index (χ1n) is 8.60. The van der Waals surface area contributed by atoms with Crippen LogP contribution in [0.2, 0.25) is 0 Å². The highest BCUT2D eigenvalue weighted by atomic mass is 32.2. The maximum atomic E-state index is 12.4. The molecule has 26 heavy (non-hydrogen) atoms. The number of rotatable bonds is 5. The van der Waals surface area contributed by atoms with E-state index in [4.69, 9.17) is 0 Å². The number of hydrogen-bond acceptors (Lipinski definition) is 4. The summed E-state index contributed by atoms with van der Waals surface area (Å²) in [5, 5.41) is 10.1. The molecule has 0 unspecified atom stereocenters. The molecule has 2 heterocycles. The van der Waals surface area contributed by atoms with E-state index in [1.165, 1.54) is 4.90 Å². The number of thioether (sulfide) groups is 1. The Morgan fingerprint density at radius 3 is 2.73 bits per heavy atom. The summed E-state index contributed by atoms with van der Waals surface area (Å²) in [6.45, 7) is 3.21. The number of quaternary nitrogens is 1. The molecule has 1 aliphatic heterocycles. The van der Waals surface area contributed by atoms with E-state index in [0.717, 1.165) is 40.6 Å². The number of fused-ring (bicyclic) bond motifs is 1. The number of anilines is 1. The highest BCUT2D eigenvalue weighted by molar-refractivity contribution is 7.98. The van der Waals surface area contributed by atoms with Gasteiger partial charge < -0.3 is 15.5 Å². The molecule has 0 bridgehead atoms. The number of aryl methyl sites for hydroxylation is 1. The fourth-order valence-corrected chi connectivity index (χ4v) is 3.82. The Morgan fingerprint density at radius 2 is 2.00 bits per heavy atom. The number of hydrogen-bond donors (Lipinski definition) is 3. The molecule has 1 aromatic heterocycles. The van der Waals surface area contributed by atoms with E-state index < -0.39 is 11.8 Å². The zero-order chi connectivity index (χ0) is 18.7. The van der Waals surface area contributed by atoms with Crippen molar-refractivity contribution in [2.75, 3.05) is 32.5 Å². The normalized spacial score (nSPS) is 12.9. The van der Waals surface area contributed by atoms with Crippen LogP contribution in [0.25, 0.3) is 5.69 Å². The second-order valence-electron chi connectivity index (χ2n) is 6.63. The second-order valence-corrected chi connectivity index (χ2v) is 7.62. The number of benzene rings is 1. The Bertz CT molecular complexity index is 831. The van der Waals surface area contributed by atoms with Gasteiger partial charge in [0.05, 0.1) is 38.6 Å². The van der Waals surface area contributed by atoms with Crippen LogP contribution >= 0.6 is 11.8 Å². The summed E-state index contributed by atoms with van der Waals surface area (Å²) in [7, 11) is 3.99. The number of aromatic nitrogens is 2. The third-order valence-electron chi connectivity index (χ3n) is 4.24. The monoisotopic (exact) mass is 374 g/mol. The van der Waals surface area contributed by atoms with Gasteiger partial charge >= 0.3 is 11.8 Å². The number of amides is 2. The maximum absolute atomic E-state index is 12.4. The van der Waals surface area contributed by atoms with E-state index in [9.17, 15) is 9.59 Å². The first-order chi connectivity index (χ1) is 12.5. The van der Waals surface area contributed by atoms with Crippen molar-refractivity contribution in [3.8, 4) is 5.69 Å². The number of carbonyl (C=O) groups excluding carboxylic acids is 2. The number of carbonyl (C=O) groups is 2. The summed E-state index contributed by atoms with van der Waals surface area (Å²) in [5.41, 5.74) is 3.91. The molecule has 138 valence electrons. The lowest BCUT2D eigenvalue weighted by Gasteiger charge is -2.13. The van der Waals surface area contributed by atoms with Crippen LogP contribution in [-0.2, 0) is 21.1 Å². The lowest BCUT2D eigenvalue weighted by Crippen LogP contribution is -3.06. The van der Waals surface area contributed by atoms with Crippen LogP contribution in [0.4, 0.5) is 5.82 Å². The zero-order valence-corrected chi connectivity index (χ0v) is 16.1. The molecular weight excluding hydrogens is 350 g/mol. The van der Waals surface area contributed by atoms with Crippen LogP contribution < -0.4 is 15.5 Å². The van der Waals surface area contributed by atoms with Crippen LogP contribution in [0.3, 0.4) is 0 Å². The summed E-state index contributed by atoms with van der Waals surface area (Å²) < 4.78 is 1.74. The van der Waals surface area contributed by atoms with Crippen molar-refractivity contribution in [1.29, 1.82) is 0 Å². The summed E-state index contributed by atoms with van der Waals surface area (Å²) in [4.78, 5) is 25.7. The predicted octanol–water partition coefficient (Wildman–Crippen LogP) is 0.127. The van der Waals surface area contributed by atoms with E-state index in [1.807, 2.05) is 45.3 Å². The van der Waals surface area contributed by atoms with Crippen molar-refractivity contribution >= 4 is 29.4 Å². The van der Waals surface area contributed by atoms with Gasteiger partial charge in [0.15, 0.2) is 0 Å². The van der Waals surface area contributed by atoms with Crippen molar-refractivity contribution in [1.82, 2.24) is 15.1 Å². The number of para-hydroxylation sites is 1. The van der Waals surface area contributed by atoms with Crippen molar-refractivity contribution in [2.45, 2.75) is 18.4 Å². The third-order valence-corrected chi connectivity index (χ3v) is 5.21. The van der Waals surface area contributed by atoms with Gasteiger partial charge in [0.1, 0.15) is 5.82 Å². The maximum Gasteiger partial charge on any atom is 0.314 e. The lowest BCUT2D eigenvalue weighted by molar-refractivity contribution is -0.856. The molecule has 2 amide bonds. The standard InChI is InChI=1S/C18H23N5O2S/c1-12-6-4-5-7-15(12)23-16(13-10-26-11-14(13)21-23)20-18(25)17(24)19-8-9-22(2)3/h4-7H,8-11H2,1-3H3,(H,19,24)(H,20,25)/p+1. The van der Waals surface area contributed by atoms with E-state index in [-0.39, 0.29) is 0 Å². The van der Waals surface area contributed by atoms with E-state index in [1.54, 1.807) is 16.4 Å². The predicted molar refractivity (Wildman–Crippen MR) is 103 cm³/mol. The Labute approximate surface area is 157 Å². The average Bonchev–Trinajstić information content (AvgIpc) is 3.17. The molecular formula is C18H24N5O2S+. The minimum atomic E-state index is -0.659. The number of nitrogens with one attached hydrogen (secondary N) is 3. The lowest BCUT2D eigenvalue weighted by atomic mass is 10.2. The van der Waals surface area contributed by atoms with Gasteiger partial charge in [-0.25, -0.2) is 4.68 Å². The van der Waals surface area contributed by atoms with Crippen LogP contribution in [0.15, 0.2) is 24.3 Å². The van der Waals surface area contributed by atoms with Crippen molar-refractivity contribution < 1.29 is 14.5 Å².